The molecule has 1 aliphatic rings. The van der Waals surface area contributed by atoms with E-state index in [2.05, 4.69) is 11.6 Å². The zero-order valence-corrected chi connectivity index (χ0v) is 10.3. The quantitative estimate of drug-likeness (QED) is 0.605. The number of nitrogens with zero attached hydrogens (tertiary/aromatic N) is 1. The molecule has 1 atom stereocenters. The van der Waals surface area contributed by atoms with Crippen LogP contribution in [0.25, 0.3) is 0 Å². The first kappa shape index (κ1) is 12.4. The molecule has 0 fully saturated rings. The van der Waals surface area contributed by atoms with Crippen LogP contribution in [0.3, 0.4) is 0 Å². The maximum absolute atomic E-state index is 11.3. The standard InChI is InChI=1S/C14H15NO3/c1-10(2)13(16)18-14-15-12(9-17-14)8-11-6-4-3-5-7-11/h3-7,12H,1,8-9H2,2H3/t12-/m0/s1. The van der Waals surface area contributed by atoms with E-state index < -0.39 is 5.97 Å². The third kappa shape index (κ3) is 3.20. The maximum Gasteiger partial charge on any atom is 0.392 e. The number of hydrogen-bond acceptors (Lipinski definition) is 4. The Morgan fingerprint density at radius 3 is 2.89 bits per heavy atom. The molecular formula is C14H15NO3. The summed E-state index contributed by atoms with van der Waals surface area (Å²) in [4.78, 5) is 15.5. The van der Waals surface area contributed by atoms with E-state index in [4.69, 9.17) is 9.47 Å². The van der Waals surface area contributed by atoms with Gasteiger partial charge in [0.1, 0.15) is 6.61 Å². The van der Waals surface area contributed by atoms with Gasteiger partial charge in [-0.2, -0.15) is 0 Å². The van der Waals surface area contributed by atoms with Gasteiger partial charge in [0.05, 0.1) is 6.04 Å². The number of carbonyl (C=O) groups excluding carboxylic acids is 1. The summed E-state index contributed by atoms with van der Waals surface area (Å²) >= 11 is 0. The van der Waals surface area contributed by atoms with Gasteiger partial charge >= 0.3 is 12.1 Å². The van der Waals surface area contributed by atoms with Crippen LogP contribution in [0.2, 0.25) is 0 Å². The van der Waals surface area contributed by atoms with Crippen molar-refractivity contribution in [1.82, 2.24) is 0 Å². The van der Waals surface area contributed by atoms with E-state index in [1.165, 1.54) is 5.56 Å². The highest BCUT2D eigenvalue weighted by Gasteiger charge is 2.22. The molecule has 4 heteroatoms. The van der Waals surface area contributed by atoms with Crippen molar-refractivity contribution in [3.63, 3.8) is 0 Å². The molecule has 0 amide bonds. The summed E-state index contributed by atoms with van der Waals surface area (Å²) in [6.45, 7) is 5.52. The monoisotopic (exact) mass is 245 g/mol. The predicted octanol–water partition coefficient (Wildman–Crippen LogP) is 2.10. The van der Waals surface area contributed by atoms with Crippen molar-refractivity contribution in [2.75, 3.05) is 6.61 Å². The van der Waals surface area contributed by atoms with Crippen molar-refractivity contribution in [2.24, 2.45) is 4.99 Å². The van der Waals surface area contributed by atoms with Crippen molar-refractivity contribution in [2.45, 2.75) is 19.4 Å². The number of aliphatic imine (C=N–C) groups is 1. The number of hydrogen-bond donors (Lipinski definition) is 0. The lowest BCUT2D eigenvalue weighted by Gasteiger charge is -2.03. The minimum absolute atomic E-state index is 0.000298. The second-order valence-corrected chi connectivity index (χ2v) is 4.22. The molecule has 2 rings (SSSR count). The molecule has 0 saturated carbocycles. The number of esters is 1. The van der Waals surface area contributed by atoms with Gasteiger partial charge in [-0.1, -0.05) is 36.9 Å². The fraction of sp³-hybridized carbons (Fsp3) is 0.286. The molecule has 1 heterocycles. The lowest BCUT2D eigenvalue weighted by Crippen LogP contribution is -2.12. The fourth-order valence-electron chi connectivity index (χ4n) is 1.60. The summed E-state index contributed by atoms with van der Waals surface area (Å²) < 4.78 is 10.2. The van der Waals surface area contributed by atoms with E-state index in [1.807, 2.05) is 30.3 Å². The zero-order valence-electron chi connectivity index (χ0n) is 10.3. The lowest BCUT2D eigenvalue weighted by molar-refractivity contribution is -0.132. The Labute approximate surface area is 106 Å². The van der Waals surface area contributed by atoms with Crippen LogP contribution >= 0.6 is 0 Å². The molecule has 0 saturated heterocycles. The average Bonchev–Trinajstić information content (AvgIpc) is 2.77. The number of rotatable bonds is 3. The van der Waals surface area contributed by atoms with Gasteiger partial charge < -0.3 is 9.47 Å². The smallest absolute Gasteiger partial charge is 0.392 e. The Kier molecular flexibility index (Phi) is 3.77. The van der Waals surface area contributed by atoms with E-state index in [0.717, 1.165) is 6.42 Å². The van der Waals surface area contributed by atoms with Gasteiger partial charge in [0.25, 0.3) is 0 Å². The minimum atomic E-state index is -0.505. The highest BCUT2D eigenvalue weighted by Crippen LogP contribution is 2.12. The van der Waals surface area contributed by atoms with Gasteiger partial charge in [0.15, 0.2) is 0 Å². The summed E-state index contributed by atoms with van der Waals surface area (Å²) in [5, 5.41) is 0. The van der Waals surface area contributed by atoms with E-state index in [-0.39, 0.29) is 12.1 Å². The Bertz CT molecular complexity index is 479. The predicted molar refractivity (Wildman–Crippen MR) is 68.2 cm³/mol. The second kappa shape index (κ2) is 5.49. The van der Waals surface area contributed by atoms with Gasteiger partial charge in [-0.15, -0.1) is 0 Å². The van der Waals surface area contributed by atoms with Gasteiger partial charge in [-0.25, -0.2) is 9.79 Å². The summed E-state index contributed by atoms with van der Waals surface area (Å²) in [5.74, 6) is -0.505. The van der Waals surface area contributed by atoms with Crippen LogP contribution in [0.4, 0.5) is 0 Å². The van der Waals surface area contributed by atoms with Crippen LogP contribution in [0.5, 0.6) is 0 Å². The fourth-order valence-corrected chi connectivity index (χ4v) is 1.60. The van der Waals surface area contributed by atoms with Crippen LogP contribution in [-0.2, 0) is 20.7 Å². The average molecular weight is 245 g/mol. The van der Waals surface area contributed by atoms with Crippen molar-refractivity contribution in [3.05, 3.63) is 48.0 Å². The molecule has 18 heavy (non-hydrogen) atoms. The number of ether oxygens (including phenoxy) is 2. The highest BCUT2D eigenvalue weighted by atomic mass is 16.7. The molecule has 1 aromatic carbocycles. The molecular weight excluding hydrogens is 230 g/mol. The van der Waals surface area contributed by atoms with E-state index in [1.54, 1.807) is 6.92 Å². The molecule has 94 valence electrons. The molecule has 0 aromatic heterocycles. The zero-order chi connectivity index (χ0) is 13.0. The summed E-state index contributed by atoms with van der Waals surface area (Å²) in [5.41, 5.74) is 1.51. The molecule has 1 aliphatic heterocycles. The Balaban J connectivity index is 1.92. The number of carbonyl (C=O) groups is 1. The normalized spacial score (nSPS) is 17.8. The van der Waals surface area contributed by atoms with Crippen molar-refractivity contribution < 1.29 is 14.3 Å². The molecule has 0 aliphatic carbocycles. The number of benzene rings is 1. The van der Waals surface area contributed by atoms with Crippen LogP contribution in [-0.4, -0.2) is 24.7 Å². The van der Waals surface area contributed by atoms with Crippen LogP contribution in [0.1, 0.15) is 12.5 Å². The Morgan fingerprint density at radius 2 is 2.22 bits per heavy atom. The van der Waals surface area contributed by atoms with Crippen LogP contribution in [0, 0.1) is 0 Å². The second-order valence-electron chi connectivity index (χ2n) is 4.22. The minimum Gasteiger partial charge on any atom is -0.448 e. The van der Waals surface area contributed by atoms with Crippen LogP contribution < -0.4 is 0 Å². The molecule has 4 nitrogen and oxygen atoms in total. The van der Waals surface area contributed by atoms with E-state index in [0.29, 0.717) is 12.2 Å². The van der Waals surface area contributed by atoms with Gasteiger partial charge in [-0.05, 0) is 18.9 Å². The lowest BCUT2D eigenvalue weighted by atomic mass is 10.1. The van der Waals surface area contributed by atoms with Crippen LogP contribution in [0.15, 0.2) is 47.5 Å². The van der Waals surface area contributed by atoms with Crippen molar-refractivity contribution >= 4 is 12.1 Å². The molecule has 0 N–H and O–H groups in total. The van der Waals surface area contributed by atoms with Gasteiger partial charge in [0, 0.05) is 5.57 Å². The highest BCUT2D eigenvalue weighted by molar-refractivity contribution is 5.95. The van der Waals surface area contributed by atoms with E-state index in [9.17, 15) is 4.79 Å². The first-order chi connectivity index (χ1) is 8.65. The van der Waals surface area contributed by atoms with Crippen molar-refractivity contribution in [1.29, 1.82) is 0 Å². The first-order valence-electron chi connectivity index (χ1n) is 5.77. The molecule has 1 aromatic rings. The largest absolute Gasteiger partial charge is 0.448 e. The molecule has 0 bridgehead atoms. The third-order valence-electron chi connectivity index (χ3n) is 2.53. The first-order valence-corrected chi connectivity index (χ1v) is 5.77. The Morgan fingerprint density at radius 1 is 1.50 bits per heavy atom. The summed E-state index contributed by atoms with van der Waals surface area (Å²) in [6.07, 6.45) is 0.818. The van der Waals surface area contributed by atoms with E-state index >= 15 is 0 Å². The van der Waals surface area contributed by atoms with Crippen molar-refractivity contribution in [3.8, 4) is 0 Å². The van der Waals surface area contributed by atoms with Gasteiger partial charge in [-0.3, -0.25) is 0 Å². The topological polar surface area (TPSA) is 47.9 Å². The third-order valence-corrected chi connectivity index (χ3v) is 2.53. The molecule has 0 spiro atoms. The van der Waals surface area contributed by atoms with Gasteiger partial charge in [0.2, 0.25) is 0 Å². The maximum atomic E-state index is 11.3. The Hall–Kier alpha value is -2.10. The summed E-state index contributed by atoms with van der Waals surface area (Å²) in [6, 6.07) is 10.0. The SMILES string of the molecule is C=C(C)C(=O)OC1=N[C@@H](Cc2ccccc2)CO1. The molecule has 0 unspecified atom stereocenters. The summed E-state index contributed by atoms with van der Waals surface area (Å²) in [7, 11) is 0. The molecule has 0 radical (unpaired) electrons.